The Labute approximate surface area is 98.9 Å². The summed E-state index contributed by atoms with van der Waals surface area (Å²) in [7, 11) is 0. The Morgan fingerprint density at radius 3 is 2.24 bits per heavy atom. The van der Waals surface area contributed by atoms with Crippen molar-refractivity contribution in [1.29, 1.82) is 0 Å². The highest BCUT2D eigenvalue weighted by atomic mass is 16.4. The van der Waals surface area contributed by atoms with Gasteiger partial charge < -0.3 is 10.2 Å². The van der Waals surface area contributed by atoms with E-state index in [-0.39, 0.29) is 6.42 Å². The molecule has 0 saturated heterocycles. The molecule has 1 saturated carbocycles. The Balaban J connectivity index is 2.36. The van der Waals surface area contributed by atoms with E-state index in [1.165, 1.54) is 0 Å². The van der Waals surface area contributed by atoms with Crippen LogP contribution in [0.25, 0.3) is 0 Å². The number of benzene rings is 1. The van der Waals surface area contributed by atoms with E-state index in [0.29, 0.717) is 5.56 Å². The van der Waals surface area contributed by atoms with Crippen molar-refractivity contribution in [2.24, 2.45) is 5.92 Å². The first kappa shape index (κ1) is 11.6. The van der Waals surface area contributed by atoms with E-state index in [0.717, 1.165) is 12.0 Å². The third-order valence-corrected chi connectivity index (χ3v) is 3.52. The molecular weight excluding hydrogens is 220 g/mol. The second-order valence-corrected chi connectivity index (χ2v) is 4.42. The van der Waals surface area contributed by atoms with Gasteiger partial charge in [0.05, 0.1) is 5.92 Å². The van der Waals surface area contributed by atoms with Gasteiger partial charge >= 0.3 is 11.9 Å². The van der Waals surface area contributed by atoms with Crippen LogP contribution < -0.4 is 0 Å². The molecular formula is C13H14O4. The van der Waals surface area contributed by atoms with Crippen LogP contribution in [0.15, 0.2) is 24.3 Å². The SMILES string of the molecule is CCc1ccc(C2(C(=O)O)CC2C(=O)O)cc1. The standard InChI is InChI=1S/C13H14O4/c1-2-8-3-5-9(6-4-8)13(12(16)17)7-10(13)11(14)15/h3-6,10H,2,7H2,1H3,(H,14,15)(H,16,17). The maximum absolute atomic E-state index is 11.3. The van der Waals surface area contributed by atoms with Gasteiger partial charge in [0, 0.05) is 0 Å². The van der Waals surface area contributed by atoms with Gasteiger partial charge in [-0.25, -0.2) is 0 Å². The Kier molecular flexibility index (Phi) is 2.65. The van der Waals surface area contributed by atoms with E-state index in [4.69, 9.17) is 5.11 Å². The highest BCUT2D eigenvalue weighted by Crippen LogP contribution is 2.54. The van der Waals surface area contributed by atoms with Gasteiger partial charge in [0.25, 0.3) is 0 Å². The second kappa shape index (κ2) is 3.87. The van der Waals surface area contributed by atoms with Crippen LogP contribution in [0.1, 0.15) is 24.5 Å². The maximum Gasteiger partial charge on any atom is 0.315 e. The fourth-order valence-corrected chi connectivity index (χ4v) is 2.28. The lowest BCUT2D eigenvalue weighted by Crippen LogP contribution is -2.25. The zero-order valence-electron chi connectivity index (χ0n) is 9.51. The third-order valence-electron chi connectivity index (χ3n) is 3.52. The molecule has 0 radical (unpaired) electrons. The van der Waals surface area contributed by atoms with Crippen LogP contribution in [0.3, 0.4) is 0 Å². The first-order valence-electron chi connectivity index (χ1n) is 5.58. The summed E-state index contributed by atoms with van der Waals surface area (Å²) in [4.78, 5) is 22.2. The zero-order chi connectivity index (χ0) is 12.6. The van der Waals surface area contributed by atoms with Crippen molar-refractivity contribution >= 4 is 11.9 Å². The lowest BCUT2D eigenvalue weighted by Gasteiger charge is -2.12. The Morgan fingerprint density at radius 1 is 1.29 bits per heavy atom. The second-order valence-electron chi connectivity index (χ2n) is 4.42. The molecule has 1 aliphatic carbocycles. The smallest absolute Gasteiger partial charge is 0.315 e. The molecule has 1 aromatic rings. The van der Waals surface area contributed by atoms with Crippen LogP contribution in [0, 0.1) is 5.92 Å². The summed E-state index contributed by atoms with van der Waals surface area (Å²) >= 11 is 0. The van der Waals surface area contributed by atoms with Crippen LogP contribution in [-0.4, -0.2) is 22.2 Å². The van der Waals surface area contributed by atoms with Crippen LogP contribution in [0.5, 0.6) is 0 Å². The molecule has 2 atom stereocenters. The van der Waals surface area contributed by atoms with Crippen molar-refractivity contribution in [3.8, 4) is 0 Å². The van der Waals surface area contributed by atoms with E-state index in [2.05, 4.69) is 0 Å². The van der Waals surface area contributed by atoms with E-state index < -0.39 is 23.3 Å². The predicted molar refractivity (Wildman–Crippen MR) is 60.9 cm³/mol. The molecule has 17 heavy (non-hydrogen) atoms. The Morgan fingerprint density at radius 2 is 1.88 bits per heavy atom. The molecule has 2 unspecified atom stereocenters. The molecule has 1 aromatic carbocycles. The first-order valence-corrected chi connectivity index (χ1v) is 5.58. The van der Waals surface area contributed by atoms with E-state index >= 15 is 0 Å². The Bertz CT molecular complexity index is 463. The predicted octanol–water partition coefficient (Wildman–Crippen LogP) is 1.68. The van der Waals surface area contributed by atoms with Gasteiger partial charge in [-0.1, -0.05) is 31.2 Å². The minimum Gasteiger partial charge on any atom is -0.481 e. The topological polar surface area (TPSA) is 74.6 Å². The van der Waals surface area contributed by atoms with Crippen LogP contribution in [0.2, 0.25) is 0 Å². The number of carboxylic acids is 2. The molecule has 4 heteroatoms. The zero-order valence-corrected chi connectivity index (χ0v) is 9.51. The van der Waals surface area contributed by atoms with Gasteiger partial charge in [-0.3, -0.25) is 9.59 Å². The number of hydrogen-bond acceptors (Lipinski definition) is 2. The molecule has 90 valence electrons. The molecule has 0 aromatic heterocycles. The largest absolute Gasteiger partial charge is 0.481 e. The number of rotatable bonds is 4. The minimum atomic E-state index is -1.21. The quantitative estimate of drug-likeness (QED) is 0.831. The monoisotopic (exact) mass is 234 g/mol. The maximum atomic E-state index is 11.3. The van der Waals surface area contributed by atoms with Crippen LogP contribution in [-0.2, 0) is 21.4 Å². The molecule has 4 nitrogen and oxygen atoms in total. The molecule has 0 aliphatic heterocycles. The number of carboxylic acid groups (broad SMARTS) is 2. The molecule has 0 spiro atoms. The molecule has 0 bridgehead atoms. The highest BCUT2D eigenvalue weighted by molar-refractivity contribution is 5.94. The summed E-state index contributed by atoms with van der Waals surface area (Å²) < 4.78 is 0. The van der Waals surface area contributed by atoms with Crippen LogP contribution in [0.4, 0.5) is 0 Å². The van der Waals surface area contributed by atoms with Crippen LogP contribution >= 0.6 is 0 Å². The average molecular weight is 234 g/mol. The average Bonchev–Trinajstić information content (AvgIpc) is 3.06. The summed E-state index contributed by atoms with van der Waals surface area (Å²) in [6.45, 7) is 2.01. The first-order chi connectivity index (χ1) is 8.02. The summed E-state index contributed by atoms with van der Waals surface area (Å²) in [6.07, 6.45) is 1.06. The summed E-state index contributed by atoms with van der Waals surface area (Å²) in [5, 5.41) is 18.2. The van der Waals surface area contributed by atoms with Crippen molar-refractivity contribution in [2.45, 2.75) is 25.2 Å². The summed E-state index contributed by atoms with van der Waals surface area (Å²) in [5.41, 5.74) is 0.495. The molecule has 2 rings (SSSR count). The van der Waals surface area contributed by atoms with E-state index in [9.17, 15) is 14.7 Å². The van der Waals surface area contributed by atoms with Gasteiger partial charge in [0.15, 0.2) is 0 Å². The third kappa shape index (κ3) is 1.69. The number of aliphatic carboxylic acids is 2. The Hall–Kier alpha value is -1.84. The van der Waals surface area contributed by atoms with Gasteiger partial charge in [-0.2, -0.15) is 0 Å². The fourth-order valence-electron chi connectivity index (χ4n) is 2.28. The number of aryl methyl sites for hydroxylation is 1. The van der Waals surface area contributed by atoms with Crippen molar-refractivity contribution in [3.05, 3.63) is 35.4 Å². The normalized spacial score (nSPS) is 26.5. The van der Waals surface area contributed by atoms with Gasteiger partial charge in [0.1, 0.15) is 5.41 Å². The van der Waals surface area contributed by atoms with Gasteiger partial charge in [-0.05, 0) is 24.0 Å². The number of hydrogen-bond donors (Lipinski definition) is 2. The molecule has 0 heterocycles. The van der Waals surface area contributed by atoms with Crippen molar-refractivity contribution in [1.82, 2.24) is 0 Å². The number of carbonyl (C=O) groups is 2. The van der Waals surface area contributed by atoms with Crippen molar-refractivity contribution in [3.63, 3.8) is 0 Å². The molecule has 1 fully saturated rings. The fraction of sp³-hybridized carbons (Fsp3) is 0.385. The lowest BCUT2D eigenvalue weighted by molar-refractivity contribution is -0.145. The van der Waals surface area contributed by atoms with E-state index in [1.54, 1.807) is 12.1 Å². The van der Waals surface area contributed by atoms with Gasteiger partial charge in [-0.15, -0.1) is 0 Å². The van der Waals surface area contributed by atoms with E-state index in [1.807, 2.05) is 19.1 Å². The molecule has 2 N–H and O–H groups in total. The molecule has 1 aliphatic rings. The van der Waals surface area contributed by atoms with Crippen molar-refractivity contribution in [2.75, 3.05) is 0 Å². The molecule has 0 amide bonds. The van der Waals surface area contributed by atoms with Crippen molar-refractivity contribution < 1.29 is 19.8 Å². The minimum absolute atomic E-state index is 0.184. The summed E-state index contributed by atoms with van der Waals surface area (Å²) in [5.74, 6) is -2.88. The highest BCUT2D eigenvalue weighted by Gasteiger charge is 2.65. The van der Waals surface area contributed by atoms with Gasteiger partial charge in [0.2, 0.25) is 0 Å². The summed E-state index contributed by atoms with van der Waals surface area (Å²) in [6, 6.07) is 7.18. The lowest BCUT2D eigenvalue weighted by atomic mass is 9.92.